The van der Waals surface area contributed by atoms with Crippen molar-refractivity contribution in [3.8, 4) is 0 Å². The van der Waals surface area contributed by atoms with Crippen LogP contribution in [0.15, 0.2) is 156 Å². The number of fused-ring (bicyclic) bond motifs is 8. The molecule has 0 fully saturated rings. The fraction of sp³-hybridized carbons (Fsp3) is 0.143. The van der Waals surface area contributed by atoms with Gasteiger partial charge in [-0.05, 0) is 75.3 Å². The molecule has 0 N–H and O–H groups in total. The maximum absolute atomic E-state index is 2.62. The van der Waals surface area contributed by atoms with E-state index < -0.39 is 0 Å². The molecule has 6 aromatic rings. The van der Waals surface area contributed by atoms with E-state index in [0.29, 0.717) is 0 Å². The topological polar surface area (TPSA) is 6.48 Å². The van der Waals surface area contributed by atoms with Crippen molar-refractivity contribution in [2.24, 2.45) is 5.41 Å². The molecule has 2 nitrogen and oxygen atoms in total. The Bertz CT molecular complexity index is 2210. The Hall–Kier alpha value is -5.02. The van der Waals surface area contributed by atoms with Crippen LogP contribution in [0.5, 0.6) is 0 Å². The molecule has 0 saturated carbocycles. The highest BCUT2D eigenvalue weighted by molar-refractivity contribution is 6.95. The number of benzene rings is 6. The third kappa shape index (κ3) is 3.83. The van der Waals surface area contributed by atoms with E-state index in [2.05, 4.69) is 164 Å². The Labute approximate surface area is 266 Å². The zero-order chi connectivity index (χ0) is 30.3. The van der Waals surface area contributed by atoms with Gasteiger partial charge in [-0.25, -0.2) is 0 Å². The Balaban J connectivity index is 1.49. The molecule has 1 aliphatic carbocycles. The third-order valence-corrected chi connectivity index (χ3v) is 10.1. The third-order valence-electron chi connectivity index (χ3n) is 10.1. The minimum atomic E-state index is 0.00870. The average Bonchev–Trinajstić information content (AvgIpc) is 3.08. The van der Waals surface area contributed by atoms with Gasteiger partial charge in [-0.3, -0.25) is 0 Å². The van der Waals surface area contributed by atoms with Crippen molar-refractivity contribution in [1.29, 1.82) is 0 Å². The van der Waals surface area contributed by atoms with E-state index in [-0.39, 0.29) is 12.1 Å². The van der Waals surface area contributed by atoms with Gasteiger partial charge in [0, 0.05) is 44.9 Å². The first kappa shape index (κ1) is 26.4. The molecule has 216 valence electrons. The van der Waals surface area contributed by atoms with Crippen LogP contribution in [0.4, 0.5) is 22.7 Å². The molecular formula is C42H35BN2. The first-order chi connectivity index (χ1) is 22.0. The summed E-state index contributed by atoms with van der Waals surface area (Å²) >= 11 is 0. The van der Waals surface area contributed by atoms with Crippen LogP contribution in [-0.4, -0.2) is 6.71 Å². The Morgan fingerprint density at radius 3 is 1.56 bits per heavy atom. The lowest BCUT2D eigenvalue weighted by molar-refractivity contribution is 0.471. The molecule has 6 aromatic carbocycles. The second kappa shape index (κ2) is 9.74. The van der Waals surface area contributed by atoms with Gasteiger partial charge in [-0.2, -0.15) is 0 Å². The van der Waals surface area contributed by atoms with Gasteiger partial charge in [0.1, 0.15) is 0 Å². The zero-order valence-corrected chi connectivity index (χ0v) is 26.1. The smallest absolute Gasteiger partial charge is 0.251 e. The predicted octanol–water partition coefficient (Wildman–Crippen LogP) is 9.79. The van der Waals surface area contributed by atoms with E-state index in [0.717, 1.165) is 12.8 Å². The van der Waals surface area contributed by atoms with E-state index in [1.54, 1.807) is 0 Å². The number of hydrogen-bond acceptors (Lipinski definition) is 2. The fourth-order valence-electron chi connectivity index (χ4n) is 8.25. The minimum Gasteiger partial charge on any atom is -0.315 e. The lowest BCUT2D eigenvalue weighted by atomic mass is 9.31. The molecule has 2 heterocycles. The Kier molecular flexibility index (Phi) is 5.71. The van der Waals surface area contributed by atoms with E-state index in [4.69, 9.17) is 0 Å². The van der Waals surface area contributed by atoms with Gasteiger partial charge in [0.05, 0.1) is 0 Å². The van der Waals surface area contributed by atoms with Crippen molar-refractivity contribution in [3.05, 3.63) is 156 Å². The normalized spacial score (nSPS) is 15.8. The molecule has 0 unspecified atom stereocenters. The van der Waals surface area contributed by atoms with Crippen LogP contribution in [0.1, 0.15) is 33.6 Å². The lowest BCUT2D eigenvalue weighted by Crippen LogP contribution is -2.57. The molecule has 0 aromatic heterocycles. The first-order valence-corrected chi connectivity index (χ1v) is 16.2. The molecule has 0 saturated heterocycles. The summed E-state index contributed by atoms with van der Waals surface area (Å²) in [5.74, 6) is 0. The molecule has 3 heteroatoms. The molecule has 0 bridgehead atoms. The largest absolute Gasteiger partial charge is 0.315 e. The quantitative estimate of drug-likeness (QED) is 0.189. The van der Waals surface area contributed by atoms with Gasteiger partial charge in [0.25, 0.3) is 6.71 Å². The summed E-state index contributed by atoms with van der Waals surface area (Å²) in [6, 6.07) is 49.5. The van der Waals surface area contributed by atoms with Crippen molar-refractivity contribution in [1.82, 2.24) is 0 Å². The maximum atomic E-state index is 2.62. The van der Waals surface area contributed by atoms with Crippen molar-refractivity contribution in [2.45, 2.75) is 33.6 Å². The Morgan fingerprint density at radius 1 is 0.511 bits per heavy atom. The molecule has 0 atom stereocenters. The van der Waals surface area contributed by atoms with Crippen LogP contribution in [-0.2, 0) is 0 Å². The highest BCUT2D eigenvalue weighted by Gasteiger charge is 2.49. The average molecular weight is 579 g/mol. The molecule has 45 heavy (non-hydrogen) atoms. The summed E-state index contributed by atoms with van der Waals surface area (Å²) in [7, 11) is 0. The van der Waals surface area contributed by atoms with Crippen LogP contribution in [0.2, 0.25) is 0 Å². The van der Waals surface area contributed by atoms with Crippen LogP contribution in [0.25, 0.3) is 21.5 Å². The number of nitrogens with zero attached hydrogens (tertiary/aromatic N) is 2. The summed E-state index contributed by atoms with van der Waals surface area (Å²) in [5, 5.41) is 5.17. The van der Waals surface area contributed by atoms with E-state index >= 15 is 0 Å². The first-order valence-electron chi connectivity index (χ1n) is 16.2. The van der Waals surface area contributed by atoms with Crippen LogP contribution >= 0.6 is 0 Å². The van der Waals surface area contributed by atoms with Gasteiger partial charge in [-0.15, -0.1) is 0 Å². The van der Waals surface area contributed by atoms with Crippen molar-refractivity contribution < 1.29 is 0 Å². The van der Waals surface area contributed by atoms with Gasteiger partial charge in [-0.1, -0.05) is 130 Å². The van der Waals surface area contributed by atoms with Crippen molar-refractivity contribution in [3.63, 3.8) is 0 Å². The van der Waals surface area contributed by atoms with Crippen LogP contribution in [0, 0.1) is 5.41 Å². The van der Waals surface area contributed by atoms with Crippen molar-refractivity contribution >= 4 is 61.9 Å². The molecule has 0 spiro atoms. The van der Waals surface area contributed by atoms with Gasteiger partial charge < -0.3 is 9.80 Å². The second-order valence-corrected chi connectivity index (χ2v) is 13.7. The van der Waals surface area contributed by atoms with E-state index in [9.17, 15) is 0 Å². The minimum absolute atomic E-state index is 0.00870. The summed E-state index contributed by atoms with van der Waals surface area (Å²) in [6.07, 6.45) is 2.03. The van der Waals surface area contributed by atoms with Crippen LogP contribution in [0.3, 0.4) is 0 Å². The molecule has 2 aliphatic heterocycles. The Morgan fingerprint density at radius 2 is 1.00 bits per heavy atom. The predicted molar refractivity (Wildman–Crippen MR) is 193 cm³/mol. The summed E-state index contributed by atoms with van der Waals surface area (Å²) in [4.78, 5) is 5.23. The highest BCUT2D eigenvalue weighted by atomic mass is 15.2. The van der Waals surface area contributed by atoms with Crippen LogP contribution < -0.4 is 20.7 Å². The summed E-state index contributed by atoms with van der Waals surface area (Å²) < 4.78 is 0. The number of hydrogen-bond donors (Lipinski definition) is 0. The summed E-state index contributed by atoms with van der Waals surface area (Å²) in [5.41, 5.74) is 13.7. The SMILES string of the molecule is CC(C)(C)C1=C2C3=C(CC1)N(c1ccccc1)c1c(ccc4ccccc14)B3c1ccc3ccccc3c1N2c1ccccc1. The lowest BCUT2D eigenvalue weighted by Gasteiger charge is -2.50. The highest BCUT2D eigenvalue weighted by Crippen LogP contribution is 2.53. The zero-order valence-electron chi connectivity index (χ0n) is 26.1. The van der Waals surface area contributed by atoms with Gasteiger partial charge in [0.15, 0.2) is 0 Å². The molecule has 9 rings (SSSR count). The molecule has 3 aliphatic rings. The summed E-state index contributed by atoms with van der Waals surface area (Å²) in [6.45, 7) is 7.33. The van der Waals surface area contributed by atoms with Crippen molar-refractivity contribution in [2.75, 3.05) is 9.80 Å². The number of para-hydroxylation sites is 2. The number of rotatable bonds is 2. The van der Waals surface area contributed by atoms with Gasteiger partial charge >= 0.3 is 0 Å². The standard InChI is InChI=1S/C42H35BN2/c1-42(2,3)34-24-27-37-38-41(34)45(31-18-8-5-9-19-31)40-33-21-13-11-15-29(33)23-26-36(40)43(38)35-25-22-28-14-10-12-20-32(28)39(35)44(37)30-16-6-4-7-17-30/h4-23,25-26H,24,27H2,1-3H3. The fourth-order valence-corrected chi connectivity index (χ4v) is 8.25. The van der Waals surface area contributed by atoms with E-state index in [1.165, 1.54) is 77.7 Å². The molecule has 0 radical (unpaired) electrons. The van der Waals surface area contributed by atoms with E-state index in [1.807, 2.05) is 0 Å². The number of allylic oxidation sites excluding steroid dienone is 3. The molecular weight excluding hydrogens is 543 g/mol. The monoisotopic (exact) mass is 578 g/mol. The van der Waals surface area contributed by atoms with Gasteiger partial charge in [0.2, 0.25) is 0 Å². The maximum Gasteiger partial charge on any atom is 0.251 e. The number of anilines is 4. The molecule has 0 amide bonds. The second-order valence-electron chi connectivity index (χ2n) is 13.7.